The van der Waals surface area contributed by atoms with Gasteiger partial charge in [-0.25, -0.2) is 0 Å². The molecule has 76 valence electrons. The van der Waals surface area contributed by atoms with Crippen molar-refractivity contribution in [3.8, 4) is 0 Å². The average molecular weight is 180 g/mol. The molecule has 0 aromatic carbocycles. The summed E-state index contributed by atoms with van der Waals surface area (Å²) in [6.07, 6.45) is 6.72. The van der Waals surface area contributed by atoms with Crippen LogP contribution in [0.3, 0.4) is 0 Å². The Hall–Kier alpha value is -0.260. The van der Waals surface area contributed by atoms with Gasteiger partial charge in [0.2, 0.25) is 0 Å². The normalized spacial score (nSPS) is 34.5. The van der Waals surface area contributed by atoms with Gasteiger partial charge in [-0.15, -0.1) is 0 Å². The van der Waals surface area contributed by atoms with E-state index in [0.717, 1.165) is 17.8 Å². The van der Waals surface area contributed by atoms with Gasteiger partial charge in [0, 0.05) is 0 Å². The predicted octanol–water partition coefficient (Wildman–Crippen LogP) is 4.42. The molecule has 1 aliphatic rings. The van der Waals surface area contributed by atoms with E-state index in [1.807, 2.05) is 0 Å². The minimum absolute atomic E-state index is 0.830. The molecule has 13 heavy (non-hydrogen) atoms. The predicted molar refractivity (Wildman–Crippen MR) is 59.7 cm³/mol. The summed E-state index contributed by atoms with van der Waals surface area (Å²) in [6.45, 7) is 11.3. The summed E-state index contributed by atoms with van der Waals surface area (Å²) < 4.78 is 0. The van der Waals surface area contributed by atoms with E-state index >= 15 is 0 Å². The minimum atomic E-state index is 0.830. The zero-order valence-electron chi connectivity index (χ0n) is 9.47. The number of hydrogen-bond donors (Lipinski definition) is 0. The third-order valence-corrected chi connectivity index (χ3v) is 3.53. The van der Waals surface area contributed by atoms with Crippen molar-refractivity contribution in [1.29, 1.82) is 0 Å². The second-order valence-corrected chi connectivity index (χ2v) is 4.91. The van der Waals surface area contributed by atoms with E-state index in [-0.39, 0.29) is 0 Å². The Kier molecular flexibility index (Phi) is 4.02. The SMILES string of the molecule is C=C(CCC)C1CCC(C)CC1C. The first-order valence-corrected chi connectivity index (χ1v) is 5.82. The van der Waals surface area contributed by atoms with Crippen molar-refractivity contribution in [2.24, 2.45) is 17.8 Å². The lowest BCUT2D eigenvalue weighted by Gasteiger charge is -2.34. The molecule has 0 aromatic heterocycles. The van der Waals surface area contributed by atoms with Gasteiger partial charge < -0.3 is 0 Å². The van der Waals surface area contributed by atoms with Crippen LogP contribution in [0.25, 0.3) is 0 Å². The topological polar surface area (TPSA) is 0 Å². The molecule has 0 N–H and O–H groups in total. The largest absolute Gasteiger partial charge is 0.0996 e. The van der Waals surface area contributed by atoms with Gasteiger partial charge in [0.25, 0.3) is 0 Å². The fraction of sp³-hybridized carbons (Fsp3) is 0.846. The van der Waals surface area contributed by atoms with Crippen LogP contribution in [0.4, 0.5) is 0 Å². The average Bonchev–Trinajstić information content (AvgIpc) is 2.04. The first-order chi connectivity index (χ1) is 6.15. The van der Waals surface area contributed by atoms with Gasteiger partial charge in [-0.3, -0.25) is 0 Å². The van der Waals surface area contributed by atoms with Crippen molar-refractivity contribution in [3.63, 3.8) is 0 Å². The molecule has 1 saturated carbocycles. The quantitative estimate of drug-likeness (QED) is 0.564. The lowest BCUT2D eigenvalue weighted by atomic mass is 9.72. The van der Waals surface area contributed by atoms with Crippen LogP contribution in [0, 0.1) is 17.8 Å². The Labute approximate surface area is 83.4 Å². The first kappa shape index (κ1) is 10.8. The summed E-state index contributed by atoms with van der Waals surface area (Å²) in [7, 11) is 0. The molecule has 0 heteroatoms. The molecule has 0 saturated heterocycles. The summed E-state index contributed by atoms with van der Waals surface area (Å²) in [6, 6.07) is 0. The summed E-state index contributed by atoms with van der Waals surface area (Å²) in [4.78, 5) is 0. The maximum atomic E-state index is 4.24. The molecule has 0 spiro atoms. The second kappa shape index (κ2) is 4.83. The fourth-order valence-electron chi connectivity index (χ4n) is 2.78. The second-order valence-electron chi connectivity index (χ2n) is 4.91. The van der Waals surface area contributed by atoms with E-state index in [0.29, 0.717) is 0 Å². The summed E-state index contributed by atoms with van der Waals surface area (Å²) in [5.41, 5.74) is 1.52. The molecule has 3 atom stereocenters. The highest BCUT2D eigenvalue weighted by molar-refractivity contribution is 5.03. The molecule has 1 aliphatic carbocycles. The molecule has 3 unspecified atom stereocenters. The Balaban J connectivity index is 2.45. The Morgan fingerprint density at radius 2 is 2.00 bits per heavy atom. The van der Waals surface area contributed by atoms with Crippen LogP contribution in [0.1, 0.15) is 52.9 Å². The molecule has 0 aromatic rings. The van der Waals surface area contributed by atoms with Crippen molar-refractivity contribution in [2.45, 2.75) is 52.9 Å². The Morgan fingerprint density at radius 1 is 1.31 bits per heavy atom. The lowest BCUT2D eigenvalue weighted by molar-refractivity contribution is 0.230. The van der Waals surface area contributed by atoms with Crippen molar-refractivity contribution < 1.29 is 0 Å². The minimum Gasteiger partial charge on any atom is -0.0996 e. The number of rotatable bonds is 3. The molecule has 0 bridgehead atoms. The molecule has 0 heterocycles. The zero-order chi connectivity index (χ0) is 9.84. The molecular weight excluding hydrogens is 156 g/mol. The molecule has 1 rings (SSSR count). The summed E-state index contributed by atoms with van der Waals surface area (Å²) in [5.74, 6) is 2.65. The lowest BCUT2D eigenvalue weighted by Crippen LogP contribution is -2.22. The van der Waals surface area contributed by atoms with Crippen LogP contribution in [0.5, 0.6) is 0 Å². The highest BCUT2D eigenvalue weighted by Gasteiger charge is 2.26. The smallest absolute Gasteiger partial charge is 0.0180 e. The Morgan fingerprint density at radius 3 is 2.54 bits per heavy atom. The van der Waals surface area contributed by atoms with Gasteiger partial charge in [-0.1, -0.05) is 45.8 Å². The molecule has 0 nitrogen and oxygen atoms in total. The first-order valence-electron chi connectivity index (χ1n) is 5.82. The van der Waals surface area contributed by atoms with Crippen LogP contribution in [0.2, 0.25) is 0 Å². The highest BCUT2D eigenvalue weighted by atomic mass is 14.3. The standard InChI is InChI=1S/C13H24/c1-5-6-11(3)13-8-7-10(2)9-12(13)4/h10,12-13H,3,5-9H2,1-2,4H3. The van der Waals surface area contributed by atoms with Crippen molar-refractivity contribution in [1.82, 2.24) is 0 Å². The van der Waals surface area contributed by atoms with E-state index in [1.165, 1.54) is 37.7 Å². The number of allylic oxidation sites excluding steroid dienone is 1. The maximum Gasteiger partial charge on any atom is -0.0180 e. The monoisotopic (exact) mass is 180 g/mol. The summed E-state index contributed by atoms with van der Waals surface area (Å²) >= 11 is 0. The van der Waals surface area contributed by atoms with Gasteiger partial charge in [0.1, 0.15) is 0 Å². The third kappa shape index (κ3) is 2.86. The van der Waals surface area contributed by atoms with Gasteiger partial charge in [-0.2, -0.15) is 0 Å². The molecule has 0 radical (unpaired) electrons. The van der Waals surface area contributed by atoms with Crippen molar-refractivity contribution in [3.05, 3.63) is 12.2 Å². The van der Waals surface area contributed by atoms with E-state index < -0.39 is 0 Å². The van der Waals surface area contributed by atoms with Crippen LogP contribution in [-0.4, -0.2) is 0 Å². The van der Waals surface area contributed by atoms with Gasteiger partial charge in [0.15, 0.2) is 0 Å². The van der Waals surface area contributed by atoms with Crippen LogP contribution >= 0.6 is 0 Å². The number of hydrogen-bond acceptors (Lipinski definition) is 0. The summed E-state index contributed by atoms with van der Waals surface area (Å²) in [5, 5.41) is 0. The van der Waals surface area contributed by atoms with Crippen LogP contribution in [-0.2, 0) is 0 Å². The van der Waals surface area contributed by atoms with Gasteiger partial charge in [-0.05, 0) is 37.0 Å². The Bertz CT molecular complexity index is 169. The van der Waals surface area contributed by atoms with Crippen molar-refractivity contribution >= 4 is 0 Å². The fourth-order valence-corrected chi connectivity index (χ4v) is 2.78. The molecule has 0 aliphatic heterocycles. The third-order valence-electron chi connectivity index (χ3n) is 3.53. The van der Waals surface area contributed by atoms with Crippen LogP contribution < -0.4 is 0 Å². The van der Waals surface area contributed by atoms with E-state index in [2.05, 4.69) is 27.4 Å². The highest BCUT2D eigenvalue weighted by Crippen LogP contribution is 2.38. The van der Waals surface area contributed by atoms with E-state index in [9.17, 15) is 0 Å². The van der Waals surface area contributed by atoms with Crippen LogP contribution in [0.15, 0.2) is 12.2 Å². The van der Waals surface area contributed by atoms with E-state index in [1.54, 1.807) is 0 Å². The zero-order valence-corrected chi connectivity index (χ0v) is 9.47. The molecule has 1 fully saturated rings. The van der Waals surface area contributed by atoms with Gasteiger partial charge >= 0.3 is 0 Å². The van der Waals surface area contributed by atoms with Crippen molar-refractivity contribution in [2.75, 3.05) is 0 Å². The van der Waals surface area contributed by atoms with Gasteiger partial charge in [0.05, 0.1) is 0 Å². The van der Waals surface area contributed by atoms with E-state index in [4.69, 9.17) is 0 Å². The maximum absolute atomic E-state index is 4.24. The molecule has 0 amide bonds. The molecular formula is C13H24.